The van der Waals surface area contributed by atoms with Crippen LogP contribution in [0.2, 0.25) is 0 Å². The number of amides is 1. The summed E-state index contributed by atoms with van der Waals surface area (Å²) in [6.07, 6.45) is 1.65. The largest absolute Gasteiger partial charge is 0.497 e. The molecule has 0 aliphatic carbocycles. The number of rotatable bonds is 5. The van der Waals surface area contributed by atoms with Crippen LogP contribution in [0.4, 0.5) is 5.13 Å². The Hall–Kier alpha value is -1.58. The van der Waals surface area contributed by atoms with E-state index in [0.29, 0.717) is 10.3 Å². The molecule has 0 unspecified atom stereocenters. The number of imidazole rings is 1. The molecule has 3 aromatic rings. The third-order valence-electron chi connectivity index (χ3n) is 2.73. The number of thiazole rings is 1. The smallest absolute Gasteiger partial charge is 0.236 e. The monoisotopic (exact) mass is 398 g/mol. The minimum absolute atomic E-state index is 0.120. The number of hydrogen-bond acceptors (Lipinski definition) is 6. The molecule has 3 rings (SSSR count). The van der Waals surface area contributed by atoms with Gasteiger partial charge in [0.05, 0.1) is 33.9 Å². The molecule has 2 N–H and O–H groups in total. The number of halogens is 1. The van der Waals surface area contributed by atoms with Crippen LogP contribution < -0.4 is 10.1 Å². The van der Waals surface area contributed by atoms with Gasteiger partial charge in [-0.25, -0.2) is 9.97 Å². The molecule has 22 heavy (non-hydrogen) atoms. The maximum Gasteiger partial charge on any atom is 0.236 e. The number of nitrogens with zero attached hydrogens (tertiary/aromatic N) is 2. The molecular formula is C13H11BrN4O2S2. The van der Waals surface area contributed by atoms with Crippen LogP contribution in [0.25, 0.3) is 11.0 Å². The highest BCUT2D eigenvalue weighted by Gasteiger charge is 2.09. The normalized spacial score (nSPS) is 10.8. The van der Waals surface area contributed by atoms with E-state index in [0.717, 1.165) is 20.6 Å². The lowest BCUT2D eigenvalue weighted by atomic mass is 10.3. The van der Waals surface area contributed by atoms with Gasteiger partial charge in [0.1, 0.15) is 5.75 Å². The molecule has 1 amide bonds. The predicted octanol–water partition coefficient (Wildman–Crippen LogP) is 3.52. The Morgan fingerprint density at radius 1 is 1.55 bits per heavy atom. The minimum atomic E-state index is -0.120. The molecule has 9 heteroatoms. The number of methoxy groups -OCH3 is 1. The zero-order valence-electron chi connectivity index (χ0n) is 11.4. The lowest BCUT2D eigenvalue weighted by Crippen LogP contribution is -2.13. The quantitative estimate of drug-likeness (QED) is 0.642. The van der Waals surface area contributed by atoms with Crippen LogP contribution in [0, 0.1) is 0 Å². The number of nitrogens with one attached hydrogen (secondary N) is 2. The number of H-pyrrole nitrogens is 1. The Kier molecular flexibility index (Phi) is 4.65. The number of aromatic nitrogens is 3. The number of ether oxygens (including phenoxy) is 1. The standard InChI is InChI=1S/C13H11BrN4O2S2/c1-20-7-2-3-8-9(4-7)17-13(16-8)21-6-11(19)18-12-15-5-10(14)22-12/h2-5H,6H2,1H3,(H,16,17)(H,15,18,19). The average Bonchev–Trinajstić information content (AvgIpc) is 3.10. The second kappa shape index (κ2) is 6.67. The van der Waals surface area contributed by atoms with Crippen molar-refractivity contribution in [3.8, 4) is 5.75 Å². The molecule has 0 radical (unpaired) electrons. The number of carbonyl (C=O) groups excluding carboxylic acids is 1. The van der Waals surface area contributed by atoms with Crippen molar-refractivity contribution in [1.82, 2.24) is 15.0 Å². The summed E-state index contributed by atoms with van der Waals surface area (Å²) in [6, 6.07) is 5.60. The summed E-state index contributed by atoms with van der Waals surface area (Å²) < 4.78 is 6.05. The molecule has 0 bridgehead atoms. The average molecular weight is 399 g/mol. The predicted molar refractivity (Wildman–Crippen MR) is 91.8 cm³/mol. The first-order valence-electron chi connectivity index (χ1n) is 6.22. The SMILES string of the molecule is COc1ccc2nc(SCC(=O)Nc3ncc(Br)s3)[nH]c2c1. The Balaban J connectivity index is 1.62. The fourth-order valence-corrected chi connectivity index (χ4v) is 3.57. The van der Waals surface area contributed by atoms with Crippen molar-refractivity contribution in [2.45, 2.75) is 5.16 Å². The van der Waals surface area contributed by atoms with Crippen molar-refractivity contribution in [3.05, 3.63) is 28.2 Å². The number of fused-ring (bicyclic) bond motifs is 1. The molecule has 0 aliphatic rings. The van der Waals surface area contributed by atoms with Crippen LogP contribution in [-0.4, -0.2) is 33.7 Å². The van der Waals surface area contributed by atoms with E-state index in [2.05, 4.69) is 36.2 Å². The van der Waals surface area contributed by atoms with E-state index in [1.54, 1.807) is 13.3 Å². The first-order valence-corrected chi connectivity index (χ1v) is 8.81. The summed E-state index contributed by atoms with van der Waals surface area (Å²) in [4.78, 5) is 23.5. The molecule has 0 spiro atoms. The third kappa shape index (κ3) is 3.60. The van der Waals surface area contributed by atoms with Crippen LogP contribution in [0.3, 0.4) is 0 Å². The van der Waals surface area contributed by atoms with E-state index in [9.17, 15) is 4.79 Å². The second-order valence-electron chi connectivity index (χ2n) is 4.23. The van der Waals surface area contributed by atoms with Crippen molar-refractivity contribution in [2.24, 2.45) is 0 Å². The molecule has 0 saturated carbocycles. The fourth-order valence-electron chi connectivity index (χ4n) is 1.76. The molecule has 0 atom stereocenters. The van der Waals surface area contributed by atoms with E-state index in [4.69, 9.17) is 4.74 Å². The lowest BCUT2D eigenvalue weighted by Gasteiger charge is -1.99. The van der Waals surface area contributed by atoms with E-state index in [-0.39, 0.29) is 11.7 Å². The molecule has 0 aliphatic heterocycles. The first-order chi connectivity index (χ1) is 10.6. The second-order valence-corrected chi connectivity index (χ2v) is 7.61. The molecule has 2 heterocycles. The molecule has 6 nitrogen and oxygen atoms in total. The van der Waals surface area contributed by atoms with Crippen LogP contribution >= 0.6 is 39.0 Å². The zero-order chi connectivity index (χ0) is 15.5. The Morgan fingerprint density at radius 3 is 3.14 bits per heavy atom. The van der Waals surface area contributed by atoms with E-state index in [1.165, 1.54) is 23.1 Å². The van der Waals surface area contributed by atoms with Gasteiger partial charge in [0.25, 0.3) is 0 Å². The Bertz CT molecular complexity index is 817. The number of hydrogen-bond donors (Lipinski definition) is 2. The Morgan fingerprint density at radius 2 is 2.41 bits per heavy atom. The van der Waals surface area contributed by atoms with E-state index >= 15 is 0 Å². The number of carbonyl (C=O) groups is 1. The summed E-state index contributed by atoms with van der Waals surface area (Å²) in [6.45, 7) is 0. The van der Waals surface area contributed by atoms with Gasteiger partial charge in [-0.05, 0) is 28.1 Å². The maximum absolute atomic E-state index is 11.9. The van der Waals surface area contributed by atoms with E-state index < -0.39 is 0 Å². The van der Waals surface area contributed by atoms with Crippen molar-refractivity contribution in [2.75, 3.05) is 18.2 Å². The first kappa shape index (κ1) is 15.3. The number of thioether (sulfide) groups is 1. The topological polar surface area (TPSA) is 79.9 Å². The highest BCUT2D eigenvalue weighted by molar-refractivity contribution is 9.11. The van der Waals surface area contributed by atoms with Crippen LogP contribution in [0.1, 0.15) is 0 Å². The van der Waals surface area contributed by atoms with Crippen molar-refractivity contribution in [3.63, 3.8) is 0 Å². The van der Waals surface area contributed by atoms with Gasteiger partial charge in [-0.15, -0.1) is 0 Å². The van der Waals surface area contributed by atoms with Gasteiger partial charge >= 0.3 is 0 Å². The van der Waals surface area contributed by atoms with Crippen LogP contribution in [0.5, 0.6) is 5.75 Å². The summed E-state index contributed by atoms with van der Waals surface area (Å²) in [7, 11) is 1.62. The van der Waals surface area contributed by atoms with Crippen molar-refractivity contribution in [1.29, 1.82) is 0 Å². The number of benzene rings is 1. The van der Waals surface area contributed by atoms with Gasteiger partial charge < -0.3 is 15.0 Å². The molecule has 1 aromatic carbocycles. The Labute approximate surface area is 142 Å². The summed E-state index contributed by atoms with van der Waals surface area (Å²) >= 11 is 6.02. The number of aromatic amines is 1. The molecule has 2 aromatic heterocycles. The maximum atomic E-state index is 11.9. The van der Waals surface area contributed by atoms with Gasteiger partial charge in [0.15, 0.2) is 10.3 Å². The molecule has 0 fully saturated rings. The minimum Gasteiger partial charge on any atom is -0.497 e. The van der Waals surface area contributed by atoms with Gasteiger partial charge in [-0.2, -0.15) is 0 Å². The summed E-state index contributed by atoms with van der Waals surface area (Å²) in [5.41, 5.74) is 1.72. The molecule has 114 valence electrons. The molecular weight excluding hydrogens is 388 g/mol. The molecule has 0 saturated heterocycles. The lowest BCUT2D eigenvalue weighted by molar-refractivity contribution is -0.113. The van der Waals surface area contributed by atoms with Gasteiger partial charge in [-0.3, -0.25) is 4.79 Å². The van der Waals surface area contributed by atoms with E-state index in [1.807, 2.05) is 18.2 Å². The van der Waals surface area contributed by atoms with Crippen LogP contribution in [-0.2, 0) is 4.79 Å². The summed E-state index contributed by atoms with van der Waals surface area (Å²) in [5.74, 6) is 0.901. The van der Waals surface area contributed by atoms with Crippen LogP contribution in [0.15, 0.2) is 33.3 Å². The highest BCUT2D eigenvalue weighted by Crippen LogP contribution is 2.25. The van der Waals surface area contributed by atoms with Gasteiger partial charge in [0, 0.05) is 6.07 Å². The highest BCUT2D eigenvalue weighted by atomic mass is 79.9. The summed E-state index contributed by atoms with van der Waals surface area (Å²) in [5, 5.41) is 4.01. The third-order valence-corrected chi connectivity index (χ3v) is 5.00. The fraction of sp³-hybridized carbons (Fsp3) is 0.154. The van der Waals surface area contributed by atoms with Gasteiger partial charge in [0.2, 0.25) is 5.91 Å². The van der Waals surface area contributed by atoms with Crippen molar-refractivity contribution < 1.29 is 9.53 Å². The van der Waals surface area contributed by atoms with Crippen molar-refractivity contribution >= 4 is 61.1 Å². The number of anilines is 1. The zero-order valence-corrected chi connectivity index (χ0v) is 14.6. The van der Waals surface area contributed by atoms with Gasteiger partial charge in [-0.1, -0.05) is 23.1 Å².